The second-order valence-electron chi connectivity index (χ2n) is 5.65. The van der Waals surface area contributed by atoms with Gasteiger partial charge < -0.3 is 5.11 Å². The normalized spacial score (nSPS) is 13.0. The molecule has 0 aliphatic carbocycles. The van der Waals surface area contributed by atoms with E-state index >= 15 is 0 Å². The van der Waals surface area contributed by atoms with Gasteiger partial charge in [-0.1, -0.05) is 41.4 Å². The van der Waals surface area contributed by atoms with Crippen molar-refractivity contribution in [1.82, 2.24) is 14.8 Å². The maximum atomic E-state index is 9.32. The highest BCUT2D eigenvalue weighted by Gasteiger charge is 2.23. The van der Waals surface area contributed by atoms with Gasteiger partial charge in [-0.25, -0.2) is 0 Å². The number of aromatic nitrogens is 3. The van der Waals surface area contributed by atoms with Crippen LogP contribution in [0.3, 0.4) is 0 Å². The largest absolute Gasteiger partial charge is 0.396 e. The zero-order valence-corrected chi connectivity index (χ0v) is 14.7. The zero-order valence-electron chi connectivity index (χ0n) is 13.2. The Kier molecular flexibility index (Phi) is 4.29. The molecule has 1 aliphatic rings. The lowest BCUT2D eigenvalue weighted by atomic mass is 10.0. The summed E-state index contributed by atoms with van der Waals surface area (Å²) in [5.41, 5.74) is 3.35. The zero-order chi connectivity index (χ0) is 17.4. The van der Waals surface area contributed by atoms with Gasteiger partial charge in [0.15, 0.2) is 5.82 Å². The SMILES string of the molecule is OCCc1nnc2n1-c1ccc(Cl)cc1C(c1ccccc1Cl)=NC2. The monoisotopic (exact) mass is 372 g/mol. The van der Waals surface area contributed by atoms with Crippen LogP contribution in [0.1, 0.15) is 22.8 Å². The fourth-order valence-electron chi connectivity index (χ4n) is 3.01. The van der Waals surface area contributed by atoms with E-state index in [4.69, 9.17) is 28.2 Å². The molecular formula is C18H14Cl2N4O. The summed E-state index contributed by atoms with van der Waals surface area (Å²) < 4.78 is 1.94. The van der Waals surface area contributed by atoms with E-state index in [0.29, 0.717) is 34.7 Å². The predicted molar refractivity (Wildman–Crippen MR) is 98.0 cm³/mol. The van der Waals surface area contributed by atoms with E-state index in [0.717, 1.165) is 22.5 Å². The summed E-state index contributed by atoms with van der Waals surface area (Å²) in [5, 5.41) is 19.0. The van der Waals surface area contributed by atoms with Crippen LogP contribution in [0.4, 0.5) is 0 Å². The van der Waals surface area contributed by atoms with Crippen molar-refractivity contribution in [3.8, 4) is 5.69 Å². The minimum absolute atomic E-state index is 0.000710. The van der Waals surface area contributed by atoms with Crippen molar-refractivity contribution in [1.29, 1.82) is 0 Å². The fourth-order valence-corrected chi connectivity index (χ4v) is 3.40. The number of halogens is 2. The Hall–Kier alpha value is -2.21. The number of aliphatic hydroxyl groups is 1. The highest BCUT2D eigenvalue weighted by atomic mass is 35.5. The molecule has 0 saturated carbocycles. The smallest absolute Gasteiger partial charge is 0.159 e. The Morgan fingerprint density at radius 2 is 1.88 bits per heavy atom. The van der Waals surface area contributed by atoms with Gasteiger partial charge in [0.05, 0.1) is 18.0 Å². The van der Waals surface area contributed by atoms with E-state index in [2.05, 4.69) is 10.2 Å². The molecule has 3 aromatic rings. The molecule has 0 amide bonds. The van der Waals surface area contributed by atoms with Crippen molar-refractivity contribution in [2.24, 2.45) is 4.99 Å². The van der Waals surface area contributed by atoms with Gasteiger partial charge in [0.1, 0.15) is 12.4 Å². The molecule has 0 unspecified atom stereocenters. The van der Waals surface area contributed by atoms with Crippen LogP contribution in [0.15, 0.2) is 47.5 Å². The van der Waals surface area contributed by atoms with Gasteiger partial charge in [-0.05, 0) is 24.3 Å². The van der Waals surface area contributed by atoms with Crippen LogP contribution < -0.4 is 0 Å². The molecule has 0 saturated heterocycles. The van der Waals surface area contributed by atoms with Gasteiger partial charge in [0, 0.05) is 27.6 Å². The van der Waals surface area contributed by atoms with Gasteiger partial charge >= 0.3 is 0 Å². The van der Waals surface area contributed by atoms with E-state index in [1.807, 2.05) is 47.0 Å². The Bertz CT molecular complexity index is 981. The Morgan fingerprint density at radius 3 is 2.68 bits per heavy atom. The van der Waals surface area contributed by atoms with Gasteiger partial charge in [-0.3, -0.25) is 9.56 Å². The van der Waals surface area contributed by atoms with Crippen molar-refractivity contribution < 1.29 is 5.11 Å². The van der Waals surface area contributed by atoms with Crippen LogP contribution in [0, 0.1) is 0 Å². The molecule has 1 aliphatic heterocycles. The molecule has 1 N–H and O–H groups in total. The fraction of sp³-hybridized carbons (Fsp3) is 0.167. The van der Waals surface area contributed by atoms with E-state index in [1.54, 1.807) is 0 Å². The van der Waals surface area contributed by atoms with Gasteiger partial charge in [0.2, 0.25) is 0 Å². The molecule has 126 valence electrons. The van der Waals surface area contributed by atoms with Crippen molar-refractivity contribution in [2.45, 2.75) is 13.0 Å². The number of aliphatic hydroxyl groups excluding tert-OH is 1. The molecule has 5 nitrogen and oxygen atoms in total. The summed E-state index contributed by atoms with van der Waals surface area (Å²) in [6.45, 7) is 0.366. The van der Waals surface area contributed by atoms with E-state index < -0.39 is 0 Å². The van der Waals surface area contributed by atoms with E-state index in [-0.39, 0.29) is 6.61 Å². The van der Waals surface area contributed by atoms with Crippen molar-refractivity contribution >= 4 is 28.9 Å². The molecule has 0 fully saturated rings. The van der Waals surface area contributed by atoms with Crippen LogP contribution in [0.5, 0.6) is 0 Å². The second kappa shape index (κ2) is 6.59. The summed E-state index contributed by atoms with van der Waals surface area (Å²) in [7, 11) is 0. The van der Waals surface area contributed by atoms with Crippen molar-refractivity contribution in [2.75, 3.05) is 6.61 Å². The Labute approximate surface area is 154 Å². The van der Waals surface area contributed by atoms with Gasteiger partial charge in [-0.2, -0.15) is 0 Å². The quantitative estimate of drug-likeness (QED) is 0.765. The third kappa shape index (κ3) is 2.84. The van der Waals surface area contributed by atoms with Gasteiger partial charge in [-0.15, -0.1) is 10.2 Å². The van der Waals surface area contributed by atoms with Gasteiger partial charge in [0.25, 0.3) is 0 Å². The standard InChI is InChI=1S/C18H14Cl2N4O/c19-11-5-6-15-13(9-11)18(12-3-1-2-4-14(12)20)21-10-17-23-22-16(7-8-25)24(15)17/h1-6,9,25H,7-8,10H2. The number of hydrogen-bond donors (Lipinski definition) is 1. The summed E-state index contributed by atoms with van der Waals surface area (Å²) >= 11 is 12.7. The molecule has 0 spiro atoms. The third-order valence-electron chi connectivity index (χ3n) is 4.09. The first-order valence-electron chi connectivity index (χ1n) is 7.82. The highest BCUT2D eigenvalue weighted by Crippen LogP contribution is 2.30. The molecule has 1 aromatic heterocycles. The molecule has 0 radical (unpaired) electrons. The van der Waals surface area contributed by atoms with Crippen LogP contribution in [0.25, 0.3) is 5.69 Å². The van der Waals surface area contributed by atoms with Crippen LogP contribution in [-0.2, 0) is 13.0 Å². The molecule has 25 heavy (non-hydrogen) atoms. The average Bonchev–Trinajstić information content (AvgIpc) is 2.92. The topological polar surface area (TPSA) is 63.3 Å². The molecular weight excluding hydrogens is 359 g/mol. The maximum absolute atomic E-state index is 9.32. The number of hydrogen-bond acceptors (Lipinski definition) is 4. The number of benzene rings is 2. The van der Waals surface area contributed by atoms with E-state index in [1.165, 1.54) is 0 Å². The number of aliphatic imine (C=N–C) groups is 1. The van der Waals surface area contributed by atoms with Crippen molar-refractivity contribution in [3.05, 3.63) is 75.3 Å². The first-order chi connectivity index (χ1) is 12.2. The lowest BCUT2D eigenvalue weighted by molar-refractivity contribution is 0.296. The third-order valence-corrected chi connectivity index (χ3v) is 4.66. The minimum atomic E-state index is -0.000710. The minimum Gasteiger partial charge on any atom is -0.396 e. The molecule has 0 atom stereocenters. The Morgan fingerprint density at radius 1 is 1.04 bits per heavy atom. The summed E-state index contributed by atoms with van der Waals surface area (Å²) in [4.78, 5) is 4.74. The molecule has 0 bridgehead atoms. The number of nitrogens with zero attached hydrogens (tertiary/aromatic N) is 4. The number of fused-ring (bicyclic) bond motifs is 3. The summed E-state index contributed by atoms with van der Waals surface area (Å²) in [5.74, 6) is 1.41. The van der Waals surface area contributed by atoms with Crippen LogP contribution >= 0.6 is 23.2 Å². The van der Waals surface area contributed by atoms with Crippen molar-refractivity contribution in [3.63, 3.8) is 0 Å². The van der Waals surface area contributed by atoms with E-state index in [9.17, 15) is 5.11 Å². The Balaban J connectivity index is 1.98. The lowest BCUT2D eigenvalue weighted by Gasteiger charge is -2.14. The van der Waals surface area contributed by atoms with Crippen LogP contribution in [0.2, 0.25) is 10.0 Å². The first kappa shape index (κ1) is 16.3. The highest BCUT2D eigenvalue weighted by molar-refractivity contribution is 6.36. The lowest BCUT2D eigenvalue weighted by Crippen LogP contribution is -2.10. The first-order valence-corrected chi connectivity index (χ1v) is 8.58. The molecule has 4 rings (SSSR count). The second-order valence-corrected chi connectivity index (χ2v) is 6.49. The predicted octanol–water partition coefficient (Wildman–Crippen LogP) is 3.46. The summed E-state index contributed by atoms with van der Waals surface area (Å²) in [6, 6.07) is 13.2. The number of rotatable bonds is 3. The maximum Gasteiger partial charge on any atom is 0.159 e. The molecule has 7 heteroatoms. The molecule has 2 aromatic carbocycles. The molecule has 2 heterocycles. The van der Waals surface area contributed by atoms with Crippen LogP contribution in [-0.4, -0.2) is 32.2 Å². The summed E-state index contributed by atoms with van der Waals surface area (Å²) in [6.07, 6.45) is 0.413. The average molecular weight is 373 g/mol.